The summed E-state index contributed by atoms with van der Waals surface area (Å²) in [5.41, 5.74) is 2.97. The van der Waals surface area contributed by atoms with Gasteiger partial charge in [-0.3, -0.25) is 9.52 Å². The van der Waals surface area contributed by atoms with Gasteiger partial charge < -0.3 is 4.90 Å². The number of halogens is 1. The second-order valence-electron chi connectivity index (χ2n) is 6.89. The summed E-state index contributed by atoms with van der Waals surface area (Å²) in [7, 11) is -3.91. The van der Waals surface area contributed by atoms with Crippen LogP contribution in [0.2, 0.25) is 0 Å². The van der Waals surface area contributed by atoms with Crippen molar-refractivity contribution in [1.82, 2.24) is 4.90 Å². The van der Waals surface area contributed by atoms with Crippen LogP contribution in [0.1, 0.15) is 21.5 Å². The summed E-state index contributed by atoms with van der Waals surface area (Å²) in [5.74, 6) is -0.671. The number of amides is 1. The van der Waals surface area contributed by atoms with Gasteiger partial charge in [0.25, 0.3) is 15.9 Å². The average molecular weight is 410 g/mol. The average Bonchev–Trinajstić information content (AvgIpc) is 2.73. The van der Waals surface area contributed by atoms with Crippen molar-refractivity contribution in [3.63, 3.8) is 0 Å². The molecule has 0 fully saturated rings. The van der Waals surface area contributed by atoms with Crippen molar-refractivity contribution in [2.24, 2.45) is 0 Å². The first-order valence-corrected chi connectivity index (χ1v) is 10.7. The largest absolute Gasteiger partial charge is 0.334 e. The lowest BCUT2D eigenvalue weighted by molar-refractivity contribution is 0.0734. The topological polar surface area (TPSA) is 66.5 Å². The molecule has 0 saturated carbocycles. The number of sulfonamides is 1. The number of carbonyl (C=O) groups excluding carboxylic acids is 1. The number of anilines is 1. The van der Waals surface area contributed by atoms with E-state index in [1.54, 1.807) is 29.2 Å². The number of hydrogen-bond acceptors (Lipinski definition) is 3. The van der Waals surface area contributed by atoms with Gasteiger partial charge in [-0.2, -0.15) is 0 Å². The number of hydrogen-bond donors (Lipinski definition) is 1. The van der Waals surface area contributed by atoms with Crippen LogP contribution in [0.4, 0.5) is 10.1 Å². The molecule has 7 heteroatoms. The van der Waals surface area contributed by atoms with Gasteiger partial charge in [0.05, 0.1) is 4.90 Å². The maximum absolute atomic E-state index is 13.4. The molecular weight excluding hydrogens is 391 g/mol. The van der Waals surface area contributed by atoms with Crippen LogP contribution in [0.3, 0.4) is 0 Å². The molecule has 1 heterocycles. The maximum Gasteiger partial charge on any atom is 0.261 e. The van der Waals surface area contributed by atoms with Gasteiger partial charge in [0.2, 0.25) is 0 Å². The summed E-state index contributed by atoms with van der Waals surface area (Å²) in [4.78, 5) is 14.3. The molecule has 1 N–H and O–H groups in total. The Morgan fingerprint density at radius 2 is 1.72 bits per heavy atom. The van der Waals surface area contributed by atoms with E-state index in [1.807, 2.05) is 24.3 Å². The third kappa shape index (κ3) is 4.14. The summed E-state index contributed by atoms with van der Waals surface area (Å²) in [5, 5.41) is 0. The van der Waals surface area contributed by atoms with Gasteiger partial charge in [0.1, 0.15) is 5.82 Å². The number of nitrogens with one attached hydrogen (secondary N) is 1. The quantitative estimate of drug-likeness (QED) is 0.711. The molecular formula is C22H19FN2O3S. The van der Waals surface area contributed by atoms with Gasteiger partial charge in [-0.15, -0.1) is 0 Å². The number of rotatable bonds is 4. The highest BCUT2D eigenvalue weighted by Crippen LogP contribution is 2.25. The Kier molecular flexibility index (Phi) is 5.07. The molecule has 1 aliphatic heterocycles. The van der Waals surface area contributed by atoms with Crippen molar-refractivity contribution in [1.29, 1.82) is 0 Å². The number of nitrogens with zero attached hydrogens (tertiary/aromatic N) is 1. The first-order valence-electron chi connectivity index (χ1n) is 9.17. The molecule has 148 valence electrons. The van der Waals surface area contributed by atoms with Gasteiger partial charge in [0, 0.05) is 24.3 Å². The van der Waals surface area contributed by atoms with Crippen LogP contribution in [0.25, 0.3) is 0 Å². The van der Waals surface area contributed by atoms with Gasteiger partial charge in [-0.25, -0.2) is 12.8 Å². The fraction of sp³-hybridized carbons (Fsp3) is 0.136. The molecule has 0 aromatic heterocycles. The van der Waals surface area contributed by atoms with Crippen molar-refractivity contribution >= 4 is 21.6 Å². The van der Waals surface area contributed by atoms with E-state index >= 15 is 0 Å². The van der Waals surface area contributed by atoms with Crippen molar-refractivity contribution in [3.8, 4) is 0 Å². The Morgan fingerprint density at radius 3 is 2.48 bits per heavy atom. The summed E-state index contributed by atoms with van der Waals surface area (Å²) in [6.45, 7) is 1.01. The fourth-order valence-corrected chi connectivity index (χ4v) is 4.49. The summed E-state index contributed by atoms with van der Waals surface area (Å²) in [6, 6.07) is 19.2. The summed E-state index contributed by atoms with van der Waals surface area (Å²) >= 11 is 0. The lowest BCUT2D eigenvalue weighted by Crippen LogP contribution is -2.36. The van der Waals surface area contributed by atoms with E-state index in [4.69, 9.17) is 0 Å². The minimum atomic E-state index is -3.91. The molecule has 3 aromatic carbocycles. The third-order valence-electron chi connectivity index (χ3n) is 4.89. The Labute approximate surface area is 168 Å². The monoisotopic (exact) mass is 410 g/mol. The molecule has 1 amide bonds. The highest BCUT2D eigenvalue weighted by molar-refractivity contribution is 7.92. The van der Waals surface area contributed by atoms with Crippen LogP contribution < -0.4 is 4.72 Å². The van der Waals surface area contributed by atoms with Gasteiger partial charge >= 0.3 is 0 Å². The Bertz CT molecular complexity index is 1160. The molecule has 0 spiro atoms. The van der Waals surface area contributed by atoms with Crippen molar-refractivity contribution in [2.75, 3.05) is 11.3 Å². The molecule has 1 aliphatic rings. The van der Waals surface area contributed by atoms with Crippen LogP contribution in [-0.4, -0.2) is 25.8 Å². The normalized spacial score (nSPS) is 13.6. The predicted molar refractivity (Wildman–Crippen MR) is 109 cm³/mol. The van der Waals surface area contributed by atoms with Gasteiger partial charge in [0.15, 0.2) is 0 Å². The van der Waals surface area contributed by atoms with Crippen LogP contribution in [0, 0.1) is 5.82 Å². The van der Waals surface area contributed by atoms with Crippen LogP contribution in [0.15, 0.2) is 77.7 Å². The molecule has 0 aliphatic carbocycles. The lowest BCUT2D eigenvalue weighted by Gasteiger charge is -2.29. The second kappa shape index (κ2) is 7.67. The minimum absolute atomic E-state index is 0.0537. The summed E-state index contributed by atoms with van der Waals surface area (Å²) < 4.78 is 41.0. The molecule has 0 unspecified atom stereocenters. The van der Waals surface area contributed by atoms with E-state index in [0.717, 1.165) is 17.2 Å². The number of carbonyl (C=O) groups is 1. The van der Waals surface area contributed by atoms with E-state index in [-0.39, 0.29) is 10.8 Å². The van der Waals surface area contributed by atoms with E-state index in [2.05, 4.69) is 4.72 Å². The zero-order valence-corrected chi connectivity index (χ0v) is 16.3. The third-order valence-corrected chi connectivity index (χ3v) is 6.26. The van der Waals surface area contributed by atoms with E-state index in [1.165, 1.54) is 18.2 Å². The Morgan fingerprint density at radius 1 is 0.931 bits per heavy atom. The highest BCUT2D eigenvalue weighted by atomic mass is 32.2. The molecule has 0 saturated heterocycles. The predicted octanol–water partition coefficient (Wildman–Crippen LogP) is 3.83. The van der Waals surface area contributed by atoms with Crippen LogP contribution in [-0.2, 0) is 23.0 Å². The van der Waals surface area contributed by atoms with E-state index < -0.39 is 15.8 Å². The molecule has 29 heavy (non-hydrogen) atoms. The standard InChI is InChI=1S/C22H19FN2O3S/c23-19-7-4-8-21(14-19)29(27,28)24-20-10-9-16-11-12-25(15-18(16)13-20)22(26)17-5-2-1-3-6-17/h1-10,13-14,24H,11-12,15H2. The molecule has 3 aromatic rings. The van der Waals surface area contributed by atoms with Crippen molar-refractivity contribution < 1.29 is 17.6 Å². The van der Waals surface area contributed by atoms with E-state index in [9.17, 15) is 17.6 Å². The smallest absolute Gasteiger partial charge is 0.261 e. The van der Waals surface area contributed by atoms with Crippen LogP contribution >= 0.6 is 0 Å². The van der Waals surface area contributed by atoms with Crippen LogP contribution in [0.5, 0.6) is 0 Å². The number of fused-ring (bicyclic) bond motifs is 1. The highest BCUT2D eigenvalue weighted by Gasteiger charge is 2.23. The molecule has 0 bridgehead atoms. The van der Waals surface area contributed by atoms with Crippen molar-refractivity contribution in [3.05, 3.63) is 95.3 Å². The molecule has 0 radical (unpaired) electrons. The Balaban J connectivity index is 1.55. The van der Waals surface area contributed by atoms with E-state index in [0.29, 0.717) is 30.8 Å². The van der Waals surface area contributed by atoms with Crippen molar-refractivity contribution in [2.45, 2.75) is 17.9 Å². The maximum atomic E-state index is 13.4. The molecule has 0 atom stereocenters. The fourth-order valence-electron chi connectivity index (χ4n) is 3.41. The molecule has 4 rings (SSSR count). The lowest BCUT2D eigenvalue weighted by atomic mass is 9.98. The first kappa shape index (κ1) is 19.1. The zero-order valence-electron chi connectivity index (χ0n) is 15.5. The SMILES string of the molecule is O=C(c1ccccc1)N1CCc2ccc(NS(=O)(=O)c3cccc(F)c3)cc2C1. The Hall–Kier alpha value is -3.19. The minimum Gasteiger partial charge on any atom is -0.334 e. The van der Waals surface area contributed by atoms with Gasteiger partial charge in [-0.1, -0.05) is 30.3 Å². The second-order valence-corrected chi connectivity index (χ2v) is 8.57. The first-order chi connectivity index (χ1) is 13.9. The number of benzene rings is 3. The molecule has 5 nitrogen and oxygen atoms in total. The van der Waals surface area contributed by atoms with Gasteiger partial charge in [-0.05, 0) is 60.0 Å². The summed E-state index contributed by atoms with van der Waals surface area (Å²) in [6.07, 6.45) is 0.699. The zero-order chi connectivity index (χ0) is 20.4.